The maximum Gasteiger partial charge on any atom is 0.163 e. The van der Waals surface area contributed by atoms with Gasteiger partial charge in [-0.1, -0.05) is 68.4 Å². The van der Waals surface area contributed by atoms with Gasteiger partial charge in [0.25, 0.3) is 0 Å². The summed E-state index contributed by atoms with van der Waals surface area (Å²) in [6, 6.07) is 0. The van der Waals surface area contributed by atoms with Crippen LogP contribution in [-0.4, -0.2) is 5.78 Å². The fraction of sp³-hybridized carbons (Fsp3) is 0.824. The zero-order chi connectivity index (χ0) is 14.5. The molecule has 0 amide bonds. The molecule has 0 unspecified atom stereocenters. The van der Waals surface area contributed by atoms with Crippen molar-refractivity contribution in [3.63, 3.8) is 0 Å². The van der Waals surface area contributed by atoms with Gasteiger partial charge in [-0.25, -0.2) is 0 Å². The van der Waals surface area contributed by atoms with Gasteiger partial charge >= 0.3 is 0 Å². The summed E-state index contributed by atoms with van der Waals surface area (Å²) in [7, 11) is 0. The Kier molecular flexibility index (Phi) is 3.62. The molecular formula is C17H30O. The fourth-order valence-electron chi connectivity index (χ4n) is 2.99. The number of hydrogen-bond donors (Lipinski definition) is 0. The Labute approximate surface area is 113 Å². The van der Waals surface area contributed by atoms with Crippen LogP contribution in [0.5, 0.6) is 0 Å². The van der Waals surface area contributed by atoms with Gasteiger partial charge in [-0.2, -0.15) is 0 Å². The maximum atomic E-state index is 12.8. The van der Waals surface area contributed by atoms with Gasteiger partial charge in [-0.05, 0) is 27.7 Å². The first-order valence-corrected chi connectivity index (χ1v) is 7.03. The molecule has 1 nitrogen and oxygen atoms in total. The topological polar surface area (TPSA) is 17.1 Å². The minimum Gasteiger partial charge on any atom is -0.294 e. The predicted octanol–water partition coefficient (Wildman–Crippen LogP) is 4.87. The van der Waals surface area contributed by atoms with Crippen LogP contribution < -0.4 is 0 Å². The summed E-state index contributed by atoms with van der Waals surface area (Å²) < 4.78 is 0. The average Bonchev–Trinajstić information content (AvgIpc) is 2.39. The highest BCUT2D eigenvalue weighted by Crippen LogP contribution is 2.50. The van der Waals surface area contributed by atoms with Gasteiger partial charge < -0.3 is 0 Å². The molecule has 104 valence electrons. The maximum absolute atomic E-state index is 12.8. The SMILES string of the molecule is CC(C)(C)C1=C[C@@H](C(C)(C)C)[C@H](C(C)(C)C)C1=O. The van der Waals surface area contributed by atoms with E-state index in [1.54, 1.807) is 0 Å². The van der Waals surface area contributed by atoms with Crippen LogP contribution in [0.3, 0.4) is 0 Å². The molecule has 0 aromatic heterocycles. The Balaban J connectivity index is 3.29. The van der Waals surface area contributed by atoms with Crippen molar-refractivity contribution in [2.24, 2.45) is 28.1 Å². The highest BCUT2D eigenvalue weighted by Gasteiger charge is 2.49. The molecule has 1 rings (SSSR count). The lowest BCUT2D eigenvalue weighted by molar-refractivity contribution is -0.124. The van der Waals surface area contributed by atoms with E-state index < -0.39 is 0 Å². The summed E-state index contributed by atoms with van der Waals surface area (Å²) in [6.45, 7) is 19.7. The second kappa shape index (κ2) is 4.21. The van der Waals surface area contributed by atoms with E-state index in [0.29, 0.717) is 11.7 Å². The number of hydrogen-bond acceptors (Lipinski definition) is 1. The average molecular weight is 250 g/mol. The first kappa shape index (κ1) is 15.5. The van der Waals surface area contributed by atoms with Crippen molar-refractivity contribution in [1.82, 2.24) is 0 Å². The molecule has 1 heteroatoms. The van der Waals surface area contributed by atoms with Crippen molar-refractivity contribution in [1.29, 1.82) is 0 Å². The van der Waals surface area contributed by atoms with E-state index in [0.717, 1.165) is 5.57 Å². The largest absolute Gasteiger partial charge is 0.294 e. The van der Waals surface area contributed by atoms with Crippen LogP contribution in [0.25, 0.3) is 0 Å². The molecular weight excluding hydrogens is 220 g/mol. The third kappa shape index (κ3) is 2.87. The van der Waals surface area contributed by atoms with Crippen molar-refractivity contribution >= 4 is 5.78 Å². The normalized spacial score (nSPS) is 26.5. The molecule has 1 aliphatic carbocycles. The van der Waals surface area contributed by atoms with E-state index in [1.165, 1.54) is 0 Å². The van der Waals surface area contributed by atoms with Crippen molar-refractivity contribution in [3.05, 3.63) is 11.6 Å². The van der Waals surface area contributed by atoms with Crippen LogP contribution in [0.15, 0.2) is 11.6 Å². The van der Waals surface area contributed by atoms with Crippen molar-refractivity contribution < 1.29 is 4.79 Å². The minimum absolute atomic E-state index is 0.0263. The number of allylic oxidation sites excluding steroid dienone is 2. The molecule has 0 N–H and O–H groups in total. The van der Waals surface area contributed by atoms with Gasteiger partial charge in [0, 0.05) is 5.92 Å². The highest BCUT2D eigenvalue weighted by atomic mass is 16.1. The molecule has 0 saturated heterocycles. The second-order valence-electron chi connectivity index (χ2n) is 8.93. The van der Waals surface area contributed by atoms with E-state index >= 15 is 0 Å². The summed E-state index contributed by atoms with van der Waals surface area (Å²) >= 11 is 0. The molecule has 0 fully saturated rings. The molecule has 0 bridgehead atoms. The summed E-state index contributed by atoms with van der Waals surface area (Å²) in [5, 5.41) is 0. The van der Waals surface area contributed by atoms with Crippen LogP contribution in [0.2, 0.25) is 0 Å². The molecule has 18 heavy (non-hydrogen) atoms. The smallest absolute Gasteiger partial charge is 0.163 e. The number of carbonyl (C=O) groups is 1. The zero-order valence-corrected chi connectivity index (χ0v) is 13.6. The Hall–Kier alpha value is -0.590. The Morgan fingerprint density at radius 1 is 0.833 bits per heavy atom. The Bertz CT molecular complexity index is 366. The lowest BCUT2D eigenvalue weighted by Gasteiger charge is -2.38. The van der Waals surface area contributed by atoms with Gasteiger partial charge in [0.2, 0.25) is 0 Å². The number of Topliss-reactive ketones (excluding diaryl/α,β-unsaturated/α-hetero) is 1. The fourth-order valence-corrected chi connectivity index (χ4v) is 2.99. The summed E-state index contributed by atoms with van der Waals surface area (Å²) in [4.78, 5) is 12.8. The number of rotatable bonds is 0. The molecule has 0 aromatic carbocycles. The predicted molar refractivity (Wildman–Crippen MR) is 78.4 cm³/mol. The third-order valence-electron chi connectivity index (χ3n) is 3.99. The van der Waals surface area contributed by atoms with Crippen molar-refractivity contribution in [2.75, 3.05) is 0 Å². The number of carbonyl (C=O) groups excluding carboxylic acids is 1. The summed E-state index contributed by atoms with van der Waals surface area (Å²) in [5.41, 5.74) is 1.15. The Morgan fingerprint density at radius 3 is 1.50 bits per heavy atom. The van der Waals surface area contributed by atoms with Gasteiger partial charge in [0.15, 0.2) is 5.78 Å². The lowest BCUT2D eigenvalue weighted by atomic mass is 9.65. The van der Waals surface area contributed by atoms with Crippen molar-refractivity contribution in [2.45, 2.75) is 62.3 Å². The van der Waals surface area contributed by atoms with E-state index in [-0.39, 0.29) is 22.2 Å². The molecule has 0 spiro atoms. The molecule has 2 atom stereocenters. The van der Waals surface area contributed by atoms with Gasteiger partial charge in [-0.3, -0.25) is 4.79 Å². The quantitative estimate of drug-likeness (QED) is 0.599. The molecule has 0 aromatic rings. The lowest BCUT2D eigenvalue weighted by Crippen LogP contribution is -2.37. The van der Waals surface area contributed by atoms with Crippen LogP contribution in [0.1, 0.15) is 62.3 Å². The van der Waals surface area contributed by atoms with Crippen LogP contribution in [0.4, 0.5) is 0 Å². The molecule has 1 aliphatic rings. The van der Waals surface area contributed by atoms with Gasteiger partial charge in [0.1, 0.15) is 0 Å². The monoisotopic (exact) mass is 250 g/mol. The minimum atomic E-state index is -0.0411. The van der Waals surface area contributed by atoms with Gasteiger partial charge in [-0.15, -0.1) is 0 Å². The second-order valence-corrected chi connectivity index (χ2v) is 8.93. The van der Waals surface area contributed by atoms with Crippen molar-refractivity contribution in [3.8, 4) is 0 Å². The first-order valence-electron chi connectivity index (χ1n) is 7.03. The molecule has 0 radical (unpaired) electrons. The van der Waals surface area contributed by atoms with Crippen LogP contribution in [-0.2, 0) is 4.79 Å². The third-order valence-corrected chi connectivity index (χ3v) is 3.99. The summed E-state index contributed by atoms with van der Waals surface area (Å²) in [6.07, 6.45) is 2.26. The first-order chi connectivity index (χ1) is 7.76. The Morgan fingerprint density at radius 2 is 1.28 bits per heavy atom. The van der Waals surface area contributed by atoms with E-state index in [2.05, 4.69) is 68.4 Å². The molecule has 0 saturated carbocycles. The van der Waals surface area contributed by atoms with Crippen LogP contribution in [0, 0.1) is 28.1 Å². The molecule has 0 heterocycles. The standard InChI is InChI=1S/C17H30O/c1-15(2,3)11-10-12(16(4,5)6)14(18)13(11)17(7,8)9/h10-11,13H,1-9H3/t11-,13+/m1/s1. The van der Waals surface area contributed by atoms with Crippen LogP contribution >= 0.6 is 0 Å². The zero-order valence-electron chi connectivity index (χ0n) is 13.6. The van der Waals surface area contributed by atoms with Gasteiger partial charge in [0.05, 0.1) is 0 Å². The summed E-state index contributed by atoms with van der Waals surface area (Å²) in [5.74, 6) is 0.834. The number of ketones is 1. The van der Waals surface area contributed by atoms with E-state index in [9.17, 15) is 4.79 Å². The van der Waals surface area contributed by atoms with E-state index in [4.69, 9.17) is 0 Å². The van der Waals surface area contributed by atoms with E-state index in [1.807, 2.05) is 0 Å². The molecule has 0 aliphatic heterocycles. The highest BCUT2D eigenvalue weighted by molar-refractivity contribution is 6.01.